The van der Waals surface area contributed by atoms with E-state index in [1.54, 1.807) is 6.92 Å². The maximum Gasteiger partial charge on any atom is 0.337 e. The molecule has 6 nitrogen and oxygen atoms in total. The van der Waals surface area contributed by atoms with E-state index in [2.05, 4.69) is 10.3 Å². The molecule has 2 heterocycles. The van der Waals surface area contributed by atoms with Crippen molar-refractivity contribution in [3.8, 4) is 0 Å². The van der Waals surface area contributed by atoms with Gasteiger partial charge in [0, 0.05) is 13.2 Å². The third-order valence-corrected chi connectivity index (χ3v) is 3.35. The van der Waals surface area contributed by atoms with Crippen LogP contribution >= 0.6 is 0 Å². The fraction of sp³-hybridized carbons (Fsp3) is 0.500. The Morgan fingerprint density at radius 1 is 1.50 bits per heavy atom. The highest BCUT2D eigenvalue weighted by Gasteiger charge is 2.17. The molecule has 108 valence electrons. The van der Waals surface area contributed by atoms with Crippen LogP contribution in [0.15, 0.2) is 12.1 Å². The summed E-state index contributed by atoms with van der Waals surface area (Å²) in [5.41, 5.74) is 0.692. The Morgan fingerprint density at radius 2 is 2.30 bits per heavy atom. The highest BCUT2D eigenvalue weighted by Crippen LogP contribution is 2.12. The van der Waals surface area contributed by atoms with Crippen molar-refractivity contribution in [2.24, 2.45) is 5.92 Å². The summed E-state index contributed by atoms with van der Waals surface area (Å²) >= 11 is 0. The number of nitrogens with zero attached hydrogens (tertiary/aromatic N) is 1. The van der Waals surface area contributed by atoms with Crippen LogP contribution in [0.5, 0.6) is 0 Å². The van der Waals surface area contributed by atoms with E-state index in [0.29, 0.717) is 24.8 Å². The van der Waals surface area contributed by atoms with Gasteiger partial charge in [0.2, 0.25) is 0 Å². The number of hydrogen-bond acceptors (Lipinski definition) is 4. The highest BCUT2D eigenvalue weighted by atomic mass is 16.5. The van der Waals surface area contributed by atoms with Crippen LogP contribution in [-0.2, 0) is 4.74 Å². The summed E-state index contributed by atoms with van der Waals surface area (Å²) in [6, 6.07) is 2.84. The number of hydrogen-bond donors (Lipinski definition) is 2. The fourth-order valence-electron chi connectivity index (χ4n) is 2.21. The van der Waals surface area contributed by atoms with Gasteiger partial charge in [0.25, 0.3) is 5.91 Å². The number of amides is 1. The summed E-state index contributed by atoms with van der Waals surface area (Å²) < 4.78 is 5.35. The predicted molar refractivity (Wildman–Crippen MR) is 71.8 cm³/mol. The quantitative estimate of drug-likeness (QED) is 0.865. The molecule has 0 aliphatic carbocycles. The third-order valence-electron chi connectivity index (χ3n) is 3.35. The Bertz CT molecular complexity index is 510. The Hall–Kier alpha value is -1.95. The van der Waals surface area contributed by atoms with Gasteiger partial charge in [-0.25, -0.2) is 9.78 Å². The summed E-state index contributed by atoms with van der Waals surface area (Å²) in [4.78, 5) is 26.9. The number of pyridine rings is 1. The van der Waals surface area contributed by atoms with E-state index < -0.39 is 5.97 Å². The zero-order chi connectivity index (χ0) is 14.5. The molecule has 1 atom stereocenters. The lowest BCUT2D eigenvalue weighted by atomic mass is 10.0. The number of aryl methyl sites for hydroxylation is 1. The normalized spacial score (nSPS) is 18.6. The van der Waals surface area contributed by atoms with Crippen molar-refractivity contribution in [3.63, 3.8) is 0 Å². The van der Waals surface area contributed by atoms with Crippen molar-refractivity contribution in [2.75, 3.05) is 19.8 Å². The molecule has 1 aliphatic heterocycles. The molecule has 1 aliphatic rings. The van der Waals surface area contributed by atoms with Crippen molar-refractivity contribution in [3.05, 3.63) is 29.1 Å². The smallest absolute Gasteiger partial charge is 0.337 e. The van der Waals surface area contributed by atoms with E-state index in [4.69, 9.17) is 9.84 Å². The van der Waals surface area contributed by atoms with E-state index >= 15 is 0 Å². The number of carboxylic acids is 1. The van der Waals surface area contributed by atoms with Crippen molar-refractivity contribution >= 4 is 11.9 Å². The summed E-state index contributed by atoms with van der Waals surface area (Å²) in [5.74, 6) is -0.982. The molecule has 0 spiro atoms. The lowest BCUT2D eigenvalue weighted by Gasteiger charge is -2.22. The lowest BCUT2D eigenvalue weighted by Crippen LogP contribution is -2.33. The van der Waals surface area contributed by atoms with Gasteiger partial charge in [-0.05, 0) is 37.8 Å². The van der Waals surface area contributed by atoms with Crippen LogP contribution in [0.3, 0.4) is 0 Å². The van der Waals surface area contributed by atoms with E-state index in [-0.39, 0.29) is 17.2 Å². The van der Waals surface area contributed by atoms with Crippen LogP contribution in [0.1, 0.15) is 39.4 Å². The van der Waals surface area contributed by atoms with Gasteiger partial charge >= 0.3 is 5.97 Å². The summed E-state index contributed by atoms with van der Waals surface area (Å²) in [6.07, 6.45) is 2.07. The molecule has 1 fully saturated rings. The monoisotopic (exact) mass is 278 g/mol. The molecule has 20 heavy (non-hydrogen) atoms. The largest absolute Gasteiger partial charge is 0.478 e. The molecule has 1 saturated heterocycles. The number of aromatic nitrogens is 1. The highest BCUT2D eigenvalue weighted by molar-refractivity contribution is 5.94. The zero-order valence-electron chi connectivity index (χ0n) is 11.4. The number of aromatic carboxylic acids is 1. The second-order valence-electron chi connectivity index (χ2n) is 4.93. The van der Waals surface area contributed by atoms with Crippen LogP contribution in [0, 0.1) is 12.8 Å². The van der Waals surface area contributed by atoms with Crippen LogP contribution in [0.25, 0.3) is 0 Å². The molecule has 0 aromatic carbocycles. The fourth-order valence-corrected chi connectivity index (χ4v) is 2.21. The van der Waals surface area contributed by atoms with Gasteiger partial charge in [-0.15, -0.1) is 0 Å². The van der Waals surface area contributed by atoms with Crippen LogP contribution < -0.4 is 5.32 Å². The van der Waals surface area contributed by atoms with Crippen molar-refractivity contribution in [1.82, 2.24) is 10.3 Å². The molecule has 1 aromatic rings. The third kappa shape index (κ3) is 3.54. The minimum atomic E-state index is -1.04. The Balaban J connectivity index is 1.95. The van der Waals surface area contributed by atoms with Crippen molar-refractivity contribution in [1.29, 1.82) is 0 Å². The van der Waals surface area contributed by atoms with Gasteiger partial charge in [-0.2, -0.15) is 0 Å². The maximum atomic E-state index is 12.0. The van der Waals surface area contributed by atoms with Crippen LogP contribution in [-0.4, -0.2) is 41.7 Å². The van der Waals surface area contributed by atoms with E-state index in [1.807, 2.05) is 0 Å². The van der Waals surface area contributed by atoms with Crippen LogP contribution in [0.2, 0.25) is 0 Å². The van der Waals surface area contributed by atoms with E-state index in [0.717, 1.165) is 19.4 Å². The van der Waals surface area contributed by atoms with Gasteiger partial charge in [-0.1, -0.05) is 0 Å². The number of nitrogens with one attached hydrogen (secondary N) is 1. The van der Waals surface area contributed by atoms with Gasteiger partial charge in [0.1, 0.15) is 5.69 Å². The minimum absolute atomic E-state index is 0.113. The predicted octanol–water partition coefficient (Wildman–Crippen LogP) is 1.24. The summed E-state index contributed by atoms with van der Waals surface area (Å²) in [5, 5.41) is 11.7. The zero-order valence-corrected chi connectivity index (χ0v) is 11.4. The Morgan fingerprint density at radius 3 is 2.90 bits per heavy atom. The second-order valence-corrected chi connectivity index (χ2v) is 4.93. The van der Waals surface area contributed by atoms with E-state index in [9.17, 15) is 9.59 Å². The Kier molecular flexibility index (Phi) is 4.68. The summed E-state index contributed by atoms with van der Waals surface area (Å²) in [6.45, 7) is 3.60. The molecule has 1 unspecified atom stereocenters. The Labute approximate surface area is 117 Å². The first-order chi connectivity index (χ1) is 9.58. The average Bonchev–Trinajstić information content (AvgIpc) is 2.45. The molecule has 1 aromatic heterocycles. The first kappa shape index (κ1) is 14.5. The molecule has 0 radical (unpaired) electrons. The van der Waals surface area contributed by atoms with Gasteiger partial charge in [-0.3, -0.25) is 4.79 Å². The molecule has 2 rings (SSSR count). The molecule has 0 saturated carbocycles. The van der Waals surface area contributed by atoms with E-state index in [1.165, 1.54) is 12.1 Å². The standard InChI is InChI=1S/C14H18N2O4/c1-9-11(14(18)19)4-5-12(16-9)13(17)15-7-10-3-2-6-20-8-10/h4-5,10H,2-3,6-8H2,1H3,(H,15,17)(H,18,19). The lowest BCUT2D eigenvalue weighted by molar-refractivity contribution is 0.0535. The SMILES string of the molecule is Cc1nc(C(=O)NCC2CCCOC2)ccc1C(=O)O. The van der Waals surface area contributed by atoms with Crippen LogP contribution in [0.4, 0.5) is 0 Å². The van der Waals surface area contributed by atoms with Gasteiger partial charge in [0.15, 0.2) is 0 Å². The molecular weight excluding hydrogens is 260 g/mol. The molecule has 6 heteroatoms. The average molecular weight is 278 g/mol. The number of ether oxygens (including phenoxy) is 1. The van der Waals surface area contributed by atoms with Gasteiger partial charge in [0.05, 0.1) is 17.9 Å². The molecule has 1 amide bonds. The molecule has 2 N–H and O–H groups in total. The molecular formula is C14H18N2O4. The topological polar surface area (TPSA) is 88.5 Å². The number of carbonyl (C=O) groups excluding carboxylic acids is 1. The summed E-state index contributed by atoms with van der Waals surface area (Å²) in [7, 11) is 0. The van der Waals surface area contributed by atoms with Gasteiger partial charge < -0.3 is 15.2 Å². The number of rotatable bonds is 4. The number of carboxylic acid groups (broad SMARTS) is 1. The maximum absolute atomic E-state index is 12.0. The minimum Gasteiger partial charge on any atom is -0.478 e. The van der Waals surface area contributed by atoms with Crippen molar-refractivity contribution in [2.45, 2.75) is 19.8 Å². The first-order valence-electron chi connectivity index (χ1n) is 6.65. The molecule has 0 bridgehead atoms. The number of carbonyl (C=O) groups is 2. The van der Waals surface area contributed by atoms with Crippen molar-refractivity contribution < 1.29 is 19.4 Å². The first-order valence-corrected chi connectivity index (χ1v) is 6.65. The second kappa shape index (κ2) is 6.47.